The number of hydrogen-bond acceptors (Lipinski definition) is 2. The van der Waals surface area contributed by atoms with Crippen LogP contribution in [0.3, 0.4) is 0 Å². The number of carbonyl (C=O) groups excluding carboxylic acids is 2. The minimum Gasteiger partial charge on any atom is -0.294 e. The van der Waals surface area contributed by atoms with Crippen molar-refractivity contribution in [3.8, 4) is 0 Å². The summed E-state index contributed by atoms with van der Waals surface area (Å²) in [5, 5.41) is 2.18. The maximum absolute atomic E-state index is 12.0. The molecule has 0 amide bonds. The predicted octanol–water partition coefficient (Wildman–Crippen LogP) is 6.20. The van der Waals surface area contributed by atoms with Gasteiger partial charge in [-0.05, 0) is 10.8 Å². The number of ketones is 2. The lowest BCUT2D eigenvalue weighted by Crippen LogP contribution is -2.07. The molecule has 2 nitrogen and oxygen atoms in total. The van der Waals surface area contributed by atoms with Crippen molar-refractivity contribution >= 4 is 22.3 Å². The molecule has 2 heteroatoms. The minimum atomic E-state index is 0.0517. The van der Waals surface area contributed by atoms with Crippen LogP contribution in [0.15, 0.2) is 72.8 Å². The van der Waals surface area contributed by atoms with Gasteiger partial charge in [-0.3, -0.25) is 9.59 Å². The van der Waals surface area contributed by atoms with E-state index in [0.717, 1.165) is 21.9 Å². The van der Waals surface area contributed by atoms with Crippen molar-refractivity contribution in [1.29, 1.82) is 0 Å². The lowest BCUT2D eigenvalue weighted by molar-refractivity contribution is 0.0933. The second-order valence-corrected chi connectivity index (χ2v) is 6.93. The van der Waals surface area contributed by atoms with Crippen LogP contribution in [-0.2, 0) is 0 Å². The van der Waals surface area contributed by atoms with Crippen LogP contribution in [0.2, 0.25) is 0 Å². The Bertz CT molecular complexity index is 872. The molecule has 0 fully saturated rings. The highest BCUT2D eigenvalue weighted by molar-refractivity contribution is 6.08. The normalized spacial score (nSPS) is 10.5. The first-order valence-corrected chi connectivity index (χ1v) is 9.03. The second-order valence-electron chi connectivity index (χ2n) is 6.93. The van der Waals surface area contributed by atoms with Crippen molar-refractivity contribution in [2.45, 2.75) is 27.7 Å². The number of Topliss-reactive ketones (excluding diaryl/α,β-unsaturated/α-hetero) is 2. The van der Waals surface area contributed by atoms with Crippen LogP contribution < -0.4 is 0 Å². The van der Waals surface area contributed by atoms with Gasteiger partial charge >= 0.3 is 0 Å². The van der Waals surface area contributed by atoms with E-state index in [1.165, 1.54) is 0 Å². The van der Waals surface area contributed by atoms with E-state index in [-0.39, 0.29) is 23.4 Å². The summed E-state index contributed by atoms with van der Waals surface area (Å²) in [6.07, 6.45) is 0. The van der Waals surface area contributed by atoms with Crippen LogP contribution in [0, 0.1) is 11.8 Å². The van der Waals surface area contributed by atoms with E-state index >= 15 is 0 Å². The molecule has 0 radical (unpaired) electrons. The van der Waals surface area contributed by atoms with Crippen molar-refractivity contribution < 1.29 is 9.59 Å². The van der Waals surface area contributed by atoms with E-state index in [1.54, 1.807) is 0 Å². The van der Waals surface area contributed by atoms with E-state index < -0.39 is 0 Å². The largest absolute Gasteiger partial charge is 0.294 e. The molecule has 0 bridgehead atoms. The van der Waals surface area contributed by atoms with Gasteiger partial charge in [-0.15, -0.1) is 0 Å². The van der Waals surface area contributed by atoms with Crippen LogP contribution in [0.1, 0.15) is 48.4 Å². The number of benzene rings is 3. The Morgan fingerprint density at radius 1 is 0.615 bits per heavy atom. The number of hydrogen-bond donors (Lipinski definition) is 0. The fourth-order valence-corrected chi connectivity index (χ4v) is 2.69. The Kier molecular flexibility index (Phi) is 6.85. The molecule has 0 aliphatic rings. The third-order valence-electron chi connectivity index (χ3n) is 4.16. The Balaban J connectivity index is 0.000000197. The SMILES string of the molecule is CC(C)C(=O)c1cccc2ccccc12.CC(C)C(=O)c1ccccc1. The molecular weight excluding hydrogens is 320 g/mol. The van der Waals surface area contributed by atoms with Crippen molar-refractivity contribution in [1.82, 2.24) is 0 Å². The van der Waals surface area contributed by atoms with Gasteiger partial charge in [0.2, 0.25) is 0 Å². The van der Waals surface area contributed by atoms with Gasteiger partial charge in [-0.25, -0.2) is 0 Å². The van der Waals surface area contributed by atoms with Crippen LogP contribution >= 0.6 is 0 Å². The van der Waals surface area contributed by atoms with Crippen molar-refractivity contribution in [3.05, 3.63) is 83.9 Å². The maximum Gasteiger partial charge on any atom is 0.166 e. The minimum absolute atomic E-state index is 0.0517. The monoisotopic (exact) mass is 346 g/mol. The Morgan fingerprint density at radius 3 is 1.77 bits per heavy atom. The van der Waals surface area contributed by atoms with E-state index in [2.05, 4.69) is 0 Å². The van der Waals surface area contributed by atoms with Gasteiger partial charge in [0.05, 0.1) is 0 Å². The molecule has 0 aromatic heterocycles. The maximum atomic E-state index is 12.0. The smallest absolute Gasteiger partial charge is 0.166 e. The highest BCUT2D eigenvalue weighted by Gasteiger charge is 2.12. The number of fused-ring (bicyclic) bond motifs is 1. The molecule has 0 N–H and O–H groups in total. The molecule has 0 heterocycles. The number of carbonyl (C=O) groups is 2. The average molecular weight is 346 g/mol. The summed E-state index contributed by atoms with van der Waals surface area (Å²) in [5.41, 5.74) is 1.64. The second kappa shape index (κ2) is 9.10. The highest BCUT2D eigenvalue weighted by atomic mass is 16.1. The lowest BCUT2D eigenvalue weighted by Gasteiger charge is -2.07. The summed E-state index contributed by atoms with van der Waals surface area (Å²) in [6.45, 7) is 7.69. The van der Waals surface area contributed by atoms with Gasteiger partial charge in [0.15, 0.2) is 11.6 Å². The topological polar surface area (TPSA) is 34.1 Å². The molecule has 3 rings (SSSR count). The zero-order chi connectivity index (χ0) is 19.1. The summed E-state index contributed by atoms with van der Waals surface area (Å²) >= 11 is 0. The molecule has 0 unspecified atom stereocenters. The van der Waals surface area contributed by atoms with E-state index in [4.69, 9.17) is 0 Å². The summed E-state index contributed by atoms with van der Waals surface area (Å²) in [6, 6.07) is 23.3. The quantitative estimate of drug-likeness (QED) is 0.527. The summed E-state index contributed by atoms with van der Waals surface area (Å²) in [5.74, 6) is 0.575. The molecule has 3 aromatic carbocycles. The van der Waals surface area contributed by atoms with Crippen molar-refractivity contribution in [3.63, 3.8) is 0 Å². The molecule has 0 aliphatic heterocycles. The van der Waals surface area contributed by atoms with E-state index in [1.807, 2.05) is 100 Å². The molecule has 134 valence electrons. The Labute approximate surface area is 155 Å². The predicted molar refractivity (Wildman–Crippen MR) is 109 cm³/mol. The van der Waals surface area contributed by atoms with Gasteiger partial charge in [-0.1, -0.05) is 100 Å². The fourth-order valence-electron chi connectivity index (χ4n) is 2.69. The zero-order valence-electron chi connectivity index (χ0n) is 15.9. The summed E-state index contributed by atoms with van der Waals surface area (Å²) < 4.78 is 0. The van der Waals surface area contributed by atoms with Gasteiger partial charge in [-0.2, -0.15) is 0 Å². The van der Waals surface area contributed by atoms with Crippen LogP contribution in [-0.4, -0.2) is 11.6 Å². The van der Waals surface area contributed by atoms with Gasteiger partial charge < -0.3 is 0 Å². The Morgan fingerprint density at radius 2 is 1.15 bits per heavy atom. The first kappa shape index (κ1) is 19.6. The summed E-state index contributed by atoms with van der Waals surface area (Å²) in [4.78, 5) is 23.3. The van der Waals surface area contributed by atoms with E-state index in [0.29, 0.717) is 0 Å². The average Bonchev–Trinajstić information content (AvgIpc) is 2.67. The molecular formula is C24H26O2. The zero-order valence-corrected chi connectivity index (χ0v) is 15.9. The molecule has 26 heavy (non-hydrogen) atoms. The number of rotatable bonds is 4. The van der Waals surface area contributed by atoms with Gasteiger partial charge in [0, 0.05) is 23.0 Å². The molecule has 3 aromatic rings. The third-order valence-corrected chi connectivity index (χ3v) is 4.16. The van der Waals surface area contributed by atoms with Crippen LogP contribution in [0.25, 0.3) is 10.8 Å². The molecule has 0 atom stereocenters. The first-order valence-electron chi connectivity index (χ1n) is 9.03. The third kappa shape index (κ3) is 4.89. The summed E-state index contributed by atoms with van der Waals surface area (Å²) in [7, 11) is 0. The fraction of sp³-hybridized carbons (Fsp3) is 0.250. The molecule has 0 saturated carbocycles. The lowest BCUT2D eigenvalue weighted by atomic mass is 9.96. The van der Waals surface area contributed by atoms with Crippen molar-refractivity contribution in [2.75, 3.05) is 0 Å². The standard InChI is InChI=1S/C14H14O.C10H12O/c1-10(2)14(15)13-9-5-7-11-6-3-4-8-12(11)13;1-8(2)10(11)9-6-4-3-5-7-9/h3-10H,1-2H3;3-8H,1-2H3. The highest BCUT2D eigenvalue weighted by Crippen LogP contribution is 2.21. The van der Waals surface area contributed by atoms with Gasteiger partial charge in [0.25, 0.3) is 0 Å². The Hall–Kier alpha value is -2.74. The molecule has 0 spiro atoms. The molecule has 0 aliphatic carbocycles. The van der Waals surface area contributed by atoms with Crippen LogP contribution in [0.5, 0.6) is 0 Å². The van der Waals surface area contributed by atoms with Crippen LogP contribution in [0.4, 0.5) is 0 Å². The first-order chi connectivity index (χ1) is 12.4. The van der Waals surface area contributed by atoms with Gasteiger partial charge in [0.1, 0.15) is 0 Å². The van der Waals surface area contributed by atoms with E-state index in [9.17, 15) is 9.59 Å². The van der Waals surface area contributed by atoms with Crippen molar-refractivity contribution in [2.24, 2.45) is 11.8 Å². The molecule has 0 saturated heterocycles.